The summed E-state index contributed by atoms with van der Waals surface area (Å²) in [6.07, 6.45) is 0.920. The van der Waals surface area contributed by atoms with Gasteiger partial charge in [0.2, 0.25) is 0 Å². The van der Waals surface area contributed by atoms with E-state index in [1.165, 1.54) is 5.56 Å². The predicted octanol–water partition coefficient (Wildman–Crippen LogP) is 2.61. The summed E-state index contributed by atoms with van der Waals surface area (Å²) in [6, 6.07) is 16.1. The average molecular weight is 327 g/mol. The monoisotopic (exact) mass is 327 g/mol. The second kappa shape index (κ2) is 9.45. The minimum absolute atomic E-state index is 0.694. The number of aliphatic imine (C=N–C) groups is 1. The van der Waals surface area contributed by atoms with E-state index >= 15 is 0 Å². The number of hydrogen-bond acceptors (Lipinski definition) is 3. The van der Waals surface area contributed by atoms with E-state index in [-0.39, 0.29) is 0 Å². The van der Waals surface area contributed by atoms with Crippen LogP contribution in [0.3, 0.4) is 0 Å². The van der Waals surface area contributed by atoms with Gasteiger partial charge in [-0.3, -0.25) is 4.99 Å². The van der Waals surface area contributed by atoms with Gasteiger partial charge in [0.15, 0.2) is 5.96 Å². The number of benzene rings is 2. The fourth-order valence-corrected chi connectivity index (χ4v) is 2.31. The Bertz CT molecular complexity index is 654. The molecule has 0 bridgehead atoms. The first kappa shape index (κ1) is 17.7. The summed E-state index contributed by atoms with van der Waals surface area (Å²) < 4.78 is 10.4. The van der Waals surface area contributed by atoms with Crippen molar-refractivity contribution in [1.82, 2.24) is 10.6 Å². The molecule has 2 N–H and O–H groups in total. The fraction of sp³-hybridized carbons (Fsp3) is 0.316. The van der Waals surface area contributed by atoms with Gasteiger partial charge in [0.1, 0.15) is 11.5 Å². The molecule has 24 heavy (non-hydrogen) atoms. The van der Waals surface area contributed by atoms with Gasteiger partial charge in [-0.15, -0.1) is 0 Å². The Kier molecular flexibility index (Phi) is 6.95. The molecule has 0 radical (unpaired) electrons. The highest BCUT2D eigenvalue weighted by Crippen LogP contribution is 2.12. The first-order valence-corrected chi connectivity index (χ1v) is 7.95. The van der Waals surface area contributed by atoms with E-state index in [1.807, 2.05) is 30.3 Å². The summed E-state index contributed by atoms with van der Waals surface area (Å²) in [7, 11) is 5.12. The third-order valence-corrected chi connectivity index (χ3v) is 3.68. The van der Waals surface area contributed by atoms with Crippen LogP contribution in [0, 0.1) is 0 Å². The van der Waals surface area contributed by atoms with Crippen LogP contribution in [-0.2, 0) is 13.0 Å². The zero-order chi connectivity index (χ0) is 17.2. The summed E-state index contributed by atoms with van der Waals surface area (Å²) in [4.78, 5) is 4.25. The topological polar surface area (TPSA) is 54.9 Å². The largest absolute Gasteiger partial charge is 0.497 e. The van der Waals surface area contributed by atoms with Gasteiger partial charge in [0.25, 0.3) is 0 Å². The molecule has 0 aliphatic rings. The van der Waals surface area contributed by atoms with Crippen molar-refractivity contribution >= 4 is 5.96 Å². The van der Waals surface area contributed by atoms with Gasteiger partial charge >= 0.3 is 0 Å². The Morgan fingerprint density at radius 3 is 2.33 bits per heavy atom. The van der Waals surface area contributed by atoms with Crippen LogP contribution in [-0.4, -0.2) is 33.8 Å². The van der Waals surface area contributed by atoms with E-state index in [0.29, 0.717) is 6.54 Å². The van der Waals surface area contributed by atoms with Crippen LogP contribution in [0.15, 0.2) is 53.5 Å². The molecule has 0 atom stereocenters. The molecule has 0 saturated heterocycles. The van der Waals surface area contributed by atoms with Crippen molar-refractivity contribution in [3.8, 4) is 11.5 Å². The Hall–Kier alpha value is -2.69. The van der Waals surface area contributed by atoms with Gasteiger partial charge < -0.3 is 20.1 Å². The average Bonchev–Trinajstić information content (AvgIpc) is 2.65. The van der Waals surface area contributed by atoms with Crippen molar-refractivity contribution in [3.63, 3.8) is 0 Å². The molecule has 128 valence electrons. The van der Waals surface area contributed by atoms with Crippen molar-refractivity contribution in [1.29, 1.82) is 0 Å². The van der Waals surface area contributed by atoms with E-state index in [4.69, 9.17) is 9.47 Å². The van der Waals surface area contributed by atoms with Crippen LogP contribution in [0.1, 0.15) is 11.1 Å². The van der Waals surface area contributed by atoms with E-state index in [1.54, 1.807) is 21.3 Å². The van der Waals surface area contributed by atoms with Gasteiger partial charge in [0, 0.05) is 20.1 Å². The maximum atomic E-state index is 5.24. The normalized spacial score (nSPS) is 11.0. The molecule has 0 heterocycles. The number of ether oxygens (including phenoxy) is 2. The van der Waals surface area contributed by atoms with Crippen LogP contribution in [0.5, 0.6) is 11.5 Å². The Morgan fingerprint density at radius 1 is 0.917 bits per heavy atom. The lowest BCUT2D eigenvalue weighted by atomic mass is 10.1. The molecule has 0 aliphatic carbocycles. The number of rotatable bonds is 7. The standard InChI is InChI=1S/C19H25N3O2/c1-20-19(22-14-16-5-4-6-18(13-16)24-3)21-12-11-15-7-9-17(23-2)10-8-15/h4-10,13H,11-12,14H2,1-3H3,(H2,20,21,22). The van der Waals surface area contributed by atoms with Gasteiger partial charge in [-0.1, -0.05) is 24.3 Å². The lowest BCUT2D eigenvalue weighted by Gasteiger charge is -2.12. The summed E-state index contributed by atoms with van der Waals surface area (Å²) in [6.45, 7) is 1.50. The second-order valence-electron chi connectivity index (χ2n) is 5.30. The summed E-state index contributed by atoms with van der Waals surface area (Å²) in [5, 5.41) is 6.63. The summed E-state index contributed by atoms with van der Waals surface area (Å²) in [5.41, 5.74) is 2.40. The summed E-state index contributed by atoms with van der Waals surface area (Å²) in [5.74, 6) is 2.52. The third kappa shape index (κ3) is 5.50. The van der Waals surface area contributed by atoms with Gasteiger partial charge in [-0.25, -0.2) is 0 Å². The maximum absolute atomic E-state index is 5.24. The molecule has 0 spiro atoms. The zero-order valence-electron chi connectivity index (χ0n) is 14.5. The van der Waals surface area contributed by atoms with Gasteiger partial charge in [-0.05, 0) is 41.8 Å². The molecule has 5 nitrogen and oxygen atoms in total. The highest BCUT2D eigenvalue weighted by molar-refractivity contribution is 5.79. The van der Waals surface area contributed by atoms with Crippen LogP contribution in [0.4, 0.5) is 0 Å². The first-order valence-electron chi connectivity index (χ1n) is 7.95. The molecule has 2 aromatic carbocycles. The molecule has 2 aromatic rings. The van der Waals surface area contributed by atoms with E-state index in [0.717, 1.165) is 36.0 Å². The quantitative estimate of drug-likeness (QED) is 0.606. The first-order chi connectivity index (χ1) is 11.7. The Labute approximate surface area is 143 Å². The van der Waals surface area contributed by atoms with E-state index in [2.05, 4.69) is 33.8 Å². The van der Waals surface area contributed by atoms with Crippen LogP contribution in [0.2, 0.25) is 0 Å². The van der Waals surface area contributed by atoms with Crippen molar-refractivity contribution in [2.24, 2.45) is 4.99 Å². The van der Waals surface area contributed by atoms with Gasteiger partial charge in [0.05, 0.1) is 14.2 Å². The number of nitrogens with zero attached hydrogens (tertiary/aromatic N) is 1. The predicted molar refractivity (Wildman–Crippen MR) is 97.9 cm³/mol. The second-order valence-corrected chi connectivity index (χ2v) is 5.30. The SMILES string of the molecule is CN=C(NCCc1ccc(OC)cc1)NCc1cccc(OC)c1. The third-order valence-electron chi connectivity index (χ3n) is 3.68. The lowest BCUT2D eigenvalue weighted by Crippen LogP contribution is -2.37. The van der Waals surface area contributed by atoms with Crippen molar-refractivity contribution in [2.75, 3.05) is 27.8 Å². The van der Waals surface area contributed by atoms with E-state index in [9.17, 15) is 0 Å². The molecule has 2 rings (SSSR count). The smallest absolute Gasteiger partial charge is 0.191 e. The van der Waals surface area contributed by atoms with Crippen molar-refractivity contribution in [2.45, 2.75) is 13.0 Å². The van der Waals surface area contributed by atoms with Crippen molar-refractivity contribution < 1.29 is 9.47 Å². The molecule has 0 aromatic heterocycles. The van der Waals surface area contributed by atoms with E-state index < -0.39 is 0 Å². The minimum Gasteiger partial charge on any atom is -0.497 e. The van der Waals surface area contributed by atoms with Crippen LogP contribution >= 0.6 is 0 Å². The molecule has 0 saturated carbocycles. The highest BCUT2D eigenvalue weighted by Gasteiger charge is 2.00. The fourth-order valence-electron chi connectivity index (χ4n) is 2.31. The zero-order valence-corrected chi connectivity index (χ0v) is 14.5. The molecular weight excluding hydrogens is 302 g/mol. The number of hydrogen-bond donors (Lipinski definition) is 2. The Balaban J connectivity index is 1.77. The number of guanidine groups is 1. The highest BCUT2D eigenvalue weighted by atomic mass is 16.5. The molecular formula is C19H25N3O2. The lowest BCUT2D eigenvalue weighted by molar-refractivity contribution is 0.414. The van der Waals surface area contributed by atoms with Crippen LogP contribution < -0.4 is 20.1 Å². The van der Waals surface area contributed by atoms with Crippen LogP contribution in [0.25, 0.3) is 0 Å². The molecule has 0 amide bonds. The number of nitrogens with one attached hydrogen (secondary N) is 2. The molecule has 0 unspecified atom stereocenters. The maximum Gasteiger partial charge on any atom is 0.191 e. The molecule has 5 heteroatoms. The minimum atomic E-state index is 0.694. The molecule has 0 aliphatic heterocycles. The number of methoxy groups -OCH3 is 2. The Morgan fingerprint density at radius 2 is 1.67 bits per heavy atom. The van der Waals surface area contributed by atoms with Gasteiger partial charge in [-0.2, -0.15) is 0 Å². The molecule has 0 fully saturated rings. The summed E-state index contributed by atoms with van der Waals surface area (Å²) >= 11 is 0. The van der Waals surface area contributed by atoms with Crippen molar-refractivity contribution in [3.05, 3.63) is 59.7 Å².